The fraction of sp³-hybridized carbons (Fsp3) is 0.308. The van der Waals surface area contributed by atoms with E-state index in [0.29, 0.717) is 17.3 Å². The SMILES string of the molecule is Cc1ccc(C(=O)NC(C)c2nc(C)no2)cc1. The lowest BCUT2D eigenvalue weighted by Crippen LogP contribution is -2.26. The molecular formula is C13H15N3O2. The zero-order chi connectivity index (χ0) is 13.1. The molecule has 94 valence electrons. The number of nitrogens with zero attached hydrogens (tertiary/aromatic N) is 2. The molecule has 2 rings (SSSR count). The molecule has 0 aliphatic heterocycles. The molecule has 5 heteroatoms. The van der Waals surface area contributed by atoms with Gasteiger partial charge in [0, 0.05) is 5.56 Å². The lowest BCUT2D eigenvalue weighted by atomic mass is 10.1. The van der Waals surface area contributed by atoms with Gasteiger partial charge in [0.15, 0.2) is 5.82 Å². The zero-order valence-corrected chi connectivity index (χ0v) is 10.6. The Bertz CT molecular complexity index is 546. The van der Waals surface area contributed by atoms with Crippen LogP contribution in [0.25, 0.3) is 0 Å². The zero-order valence-electron chi connectivity index (χ0n) is 10.6. The molecule has 1 unspecified atom stereocenters. The van der Waals surface area contributed by atoms with Gasteiger partial charge in [-0.15, -0.1) is 0 Å². The molecule has 0 aliphatic rings. The number of aromatic nitrogens is 2. The topological polar surface area (TPSA) is 68.0 Å². The van der Waals surface area contributed by atoms with Gasteiger partial charge >= 0.3 is 0 Å². The highest BCUT2D eigenvalue weighted by Crippen LogP contribution is 2.11. The number of carbonyl (C=O) groups is 1. The summed E-state index contributed by atoms with van der Waals surface area (Å²) >= 11 is 0. The van der Waals surface area contributed by atoms with Crippen molar-refractivity contribution in [3.8, 4) is 0 Å². The van der Waals surface area contributed by atoms with E-state index in [4.69, 9.17) is 4.52 Å². The highest BCUT2D eigenvalue weighted by molar-refractivity contribution is 5.94. The smallest absolute Gasteiger partial charge is 0.251 e. The van der Waals surface area contributed by atoms with E-state index >= 15 is 0 Å². The average molecular weight is 245 g/mol. The first kappa shape index (κ1) is 12.3. The summed E-state index contributed by atoms with van der Waals surface area (Å²) in [6.07, 6.45) is 0. The molecule has 1 heterocycles. The van der Waals surface area contributed by atoms with Gasteiger partial charge in [-0.3, -0.25) is 4.79 Å². The Morgan fingerprint density at radius 1 is 1.28 bits per heavy atom. The first-order chi connectivity index (χ1) is 8.56. The number of benzene rings is 1. The quantitative estimate of drug-likeness (QED) is 0.899. The van der Waals surface area contributed by atoms with Crippen molar-refractivity contribution in [3.05, 3.63) is 47.1 Å². The molecule has 1 aromatic heterocycles. The molecule has 1 aromatic carbocycles. The maximum Gasteiger partial charge on any atom is 0.251 e. The Morgan fingerprint density at radius 3 is 2.50 bits per heavy atom. The van der Waals surface area contributed by atoms with Crippen LogP contribution in [0.5, 0.6) is 0 Å². The lowest BCUT2D eigenvalue weighted by Gasteiger charge is -2.09. The van der Waals surface area contributed by atoms with Crippen LogP contribution in [0.4, 0.5) is 0 Å². The largest absolute Gasteiger partial charge is 0.341 e. The number of amides is 1. The maximum atomic E-state index is 11.9. The monoisotopic (exact) mass is 245 g/mol. The van der Waals surface area contributed by atoms with E-state index in [9.17, 15) is 4.79 Å². The van der Waals surface area contributed by atoms with Crippen LogP contribution in [-0.4, -0.2) is 16.0 Å². The van der Waals surface area contributed by atoms with Gasteiger partial charge in [0.1, 0.15) is 6.04 Å². The minimum atomic E-state index is -0.306. The second-order valence-electron chi connectivity index (χ2n) is 4.24. The van der Waals surface area contributed by atoms with E-state index in [1.54, 1.807) is 26.0 Å². The van der Waals surface area contributed by atoms with E-state index in [1.807, 2.05) is 19.1 Å². The molecule has 0 saturated heterocycles. The molecule has 1 atom stereocenters. The second kappa shape index (κ2) is 5.00. The van der Waals surface area contributed by atoms with E-state index in [2.05, 4.69) is 15.5 Å². The first-order valence-corrected chi connectivity index (χ1v) is 5.74. The number of aryl methyl sites for hydroxylation is 2. The Labute approximate surface area is 105 Å². The van der Waals surface area contributed by atoms with Gasteiger partial charge in [-0.1, -0.05) is 22.9 Å². The molecule has 0 bridgehead atoms. The van der Waals surface area contributed by atoms with Gasteiger partial charge in [0.05, 0.1) is 0 Å². The van der Waals surface area contributed by atoms with E-state index in [0.717, 1.165) is 5.56 Å². The molecule has 0 radical (unpaired) electrons. The predicted molar refractivity (Wildman–Crippen MR) is 66.1 cm³/mol. The second-order valence-corrected chi connectivity index (χ2v) is 4.24. The molecule has 0 saturated carbocycles. The van der Waals surface area contributed by atoms with Crippen LogP contribution >= 0.6 is 0 Å². The molecule has 0 spiro atoms. The summed E-state index contributed by atoms with van der Waals surface area (Å²) in [5, 5.41) is 6.50. The van der Waals surface area contributed by atoms with E-state index in [1.165, 1.54) is 0 Å². The number of nitrogens with one attached hydrogen (secondary N) is 1. The van der Waals surface area contributed by atoms with Crippen LogP contribution < -0.4 is 5.32 Å². The van der Waals surface area contributed by atoms with Crippen LogP contribution in [-0.2, 0) is 0 Å². The van der Waals surface area contributed by atoms with Crippen molar-refractivity contribution in [2.75, 3.05) is 0 Å². The molecule has 0 aliphatic carbocycles. The normalized spacial score (nSPS) is 12.2. The number of hydrogen-bond donors (Lipinski definition) is 1. The Hall–Kier alpha value is -2.17. The highest BCUT2D eigenvalue weighted by Gasteiger charge is 2.16. The van der Waals surface area contributed by atoms with Crippen LogP contribution in [0, 0.1) is 13.8 Å². The lowest BCUT2D eigenvalue weighted by molar-refractivity contribution is 0.0932. The van der Waals surface area contributed by atoms with Crippen LogP contribution in [0.1, 0.15) is 40.6 Å². The summed E-state index contributed by atoms with van der Waals surface area (Å²) in [6.45, 7) is 5.52. The van der Waals surface area contributed by atoms with Crippen molar-refractivity contribution in [1.29, 1.82) is 0 Å². The first-order valence-electron chi connectivity index (χ1n) is 5.74. The highest BCUT2D eigenvalue weighted by atomic mass is 16.5. The minimum absolute atomic E-state index is 0.154. The van der Waals surface area contributed by atoms with Crippen molar-refractivity contribution < 1.29 is 9.32 Å². The third kappa shape index (κ3) is 2.74. The maximum absolute atomic E-state index is 11.9. The third-order valence-corrected chi connectivity index (χ3v) is 2.58. The van der Waals surface area contributed by atoms with Gasteiger partial charge in [0.25, 0.3) is 5.91 Å². The summed E-state index contributed by atoms with van der Waals surface area (Å²) in [4.78, 5) is 16.0. The van der Waals surface area contributed by atoms with Crippen molar-refractivity contribution in [2.24, 2.45) is 0 Å². The third-order valence-electron chi connectivity index (χ3n) is 2.58. The van der Waals surface area contributed by atoms with E-state index < -0.39 is 0 Å². The van der Waals surface area contributed by atoms with Crippen molar-refractivity contribution in [2.45, 2.75) is 26.8 Å². The standard InChI is InChI=1S/C13H15N3O2/c1-8-4-6-11(7-5-8)12(17)14-9(2)13-15-10(3)16-18-13/h4-7,9H,1-3H3,(H,14,17). The predicted octanol–water partition coefficient (Wildman–Crippen LogP) is 2.18. The Morgan fingerprint density at radius 2 is 1.94 bits per heavy atom. The molecule has 0 fully saturated rings. The molecule has 18 heavy (non-hydrogen) atoms. The molecule has 1 N–H and O–H groups in total. The minimum Gasteiger partial charge on any atom is -0.341 e. The number of rotatable bonds is 3. The molecular weight excluding hydrogens is 230 g/mol. The van der Waals surface area contributed by atoms with Crippen LogP contribution in [0.3, 0.4) is 0 Å². The number of carbonyl (C=O) groups excluding carboxylic acids is 1. The summed E-state index contributed by atoms with van der Waals surface area (Å²) in [5.41, 5.74) is 1.73. The van der Waals surface area contributed by atoms with Gasteiger partial charge in [-0.05, 0) is 32.9 Å². The van der Waals surface area contributed by atoms with Crippen LogP contribution in [0.15, 0.2) is 28.8 Å². The van der Waals surface area contributed by atoms with Gasteiger partial charge in [-0.2, -0.15) is 4.98 Å². The fourth-order valence-electron chi connectivity index (χ4n) is 1.54. The number of hydrogen-bond acceptors (Lipinski definition) is 4. The summed E-state index contributed by atoms with van der Waals surface area (Å²) in [5.74, 6) is 0.813. The summed E-state index contributed by atoms with van der Waals surface area (Å²) in [6, 6.07) is 7.07. The molecule has 1 amide bonds. The summed E-state index contributed by atoms with van der Waals surface area (Å²) < 4.78 is 5.01. The Balaban J connectivity index is 2.05. The Kier molecular flexibility index (Phi) is 3.41. The van der Waals surface area contributed by atoms with Gasteiger partial charge in [-0.25, -0.2) is 0 Å². The van der Waals surface area contributed by atoms with Crippen LogP contribution in [0.2, 0.25) is 0 Å². The van der Waals surface area contributed by atoms with Gasteiger partial charge in [0.2, 0.25) is 5.89 Å². The average Bonchev–Trinajstić information content (AvgIpc) is 2.76. The van der Waals surface area contributed by atoms with Crippen molar-refractivity contribution in [1.82, 2.24) is 15.5 Å². The molecule has 5 nitrogen and oxygen atoms in total. The fourth-order valence-corrected chi connectivity index (χ4v) is 1.54. The molecule has 2 aromatic rings. The summed E-state index contributed by atoms with van der Waals surface area (Å²) in [7, 11) is 0. The van der Waals surface area contributed by atoms with Gasteiger partial charge < -0.3 is 9.84 Å². The van der Waals surface area contributed by atoms with Crippen molar-refractivity contribution in [3.63, 3.8) is 0 Å². The van der Waals surface area contributed by atoms with Crippen molar-refractivity contribution >= 4 is 5.91 Å². The van der Waals surface area contributed by atoms with E-state index in [-0.39, 0.29) is 11.9 Å².